The molecule has 2 heterocycles. The molecule has 1 unspecified atom stereocenters. The second-order valence-corrected chi connectivity index (χ2v) is 6.90. The largest absolute Gasteiger partial charge is 0.375 e. The van der Waals surface area contributed by atoms with Gasteiger partial charge in [-0.25, -0.2) is 4.39 Å². The number of ether oxygens (including phenoxy) is 1. The van der Waals surface area contributed by atoms with Crippen molar-refractivity contribution in [1.29, 1.82) is 0 Å². The molecule has 1 aromatic carbocycles. The van der Waals surface area contributed by atoms with Crippen LogP contribution in [0.5, 0.6) is 0 Å². The second kappa shape index (κ2) is 9.66. The molecule has 0 amide bonds. The highest BCUT2D eigenvalue weighted by atomic mass is 19.1. The standard InChI is InChI=1S/C20H28FN5O2/c1-15-12-18(24-28-15)14-25-8-10-26(11-9-25)20(22-2)23-13-19(27-3)16-4-6-17(21)7-5-16/h4-7,12,19H,8-11,13-14H2,1-3H3,(H,22,23). The van der Waals surface area contributed by atoms with Crippen LogP contribution >= 0.6 is 0 Å². The zero-order chi connectivity index (χ0) is 19.9. The van der Waals surface area contributed by atoms with Crippen molar-refractivity contribution in [3.8, 4) is 0 Å². The van der Waals surface area contributed by atoms with E-state index in [0.717, 1.165) is 55.7 Å². The van der Waals surface area contributed by atoms with E-state index < -0.39 is 0 Å². The second-order valence-electron chi connectivity index (χ2n) is 6.90. The Morgan fingerprint density at radius 3 is 2.57 bits per heavy atom. The molecule has 1 atom stereocenters. The molecule has 1 saturated heterocycles. The van der Waals surface area contributed by atoms with Gasteiger partial charge in [-0.3, -0.25) is 9.89 Å². The predicted molar refractivity (Wildman–Crippen MR) is 106 cm³/mol. The summed E-state index contributed by atoms with van der Waals surface area (Å²) in [5, 5.41) is 7.45. The summed E-state index contributed by atoms with van der Waals surface area (Å²) in [6.07, 6.45) is -0.172. The highest BCUT2D eigenvalue weighted by molar-refractivity contribution is 5.80. The molecule has 2 aromatic rings. The number of guanidine groups is 1. The molecule has 1 aromatic heterocycles. The van der Waals surface area contributed by atoms with Crippen molar-refractivity contribution in [2.75, 3.05) is 46.9 Å². The van der Waals surface area contributed by atoms with E-state index in [1.807, 2.05) is 13.0 Å². The smallest absolute Gasteiger partial charge is 0.193 e. The zero-order valence-corrected chi connectivity index (χ0v) is 16.7. The molecule has 1 fully saturated rings. The Morgan fingerprint density at radius 2 is 2.00 bits per heavy atom. The van der Waals surface area contributed by atoms with Gasteiger partial charge in [-0.1, -0.05) is 17.3 Å². The molecular weight excluding hydrogens is 361 g/mol. The fourth-order valence-electron chi connectivity index (χ4n) is 3.37. The number of benzene rings is 1. The summed E-state index contributed by atoms with van der Waals surface area (Å²) in [7, 11) is 3.44. The molecule has 7 nitrogen and oxygen atoms in total. The molecule has 28 heavy (non-hydrogen) atoms. The summed E-state index contributed by atoms with van der Waals surface area (Å²) in [6, 6.07) is 8.38. The fourth-order valence-corrected chi connectivity index (χ4v) is 3.37. The van der Waals surface area contributed by atoms with Crippen molar-refractivity contribution in [3.05, 3.63) is 53.2 Å². The molecule has 0 saturated carbocycles. The van der Waals surface area contributed by atoms with Crippen molar-refractivity contribution in [1.82, 2.24) is 20.3 Å². The summed E-state index contributed by atoms with van der Waals surface area (Å²) in [4.78, 5) is 9.00. The van der Waals surface area contributed by atoms with Gasteiger partial charge in [0.15, 0.2) is 5.96 Å². The lowest BCUT2D eigenvalue weighted by molar-refractivity contribution is 0.104. The molecule has 8 heteroatoms. The lowest BCUT2D eigenvalue weighted by Gasteiger charge is -2.36. The van der Waals surface area contributed by atoms with Gasteiger partial charge in [0.05, 0.1) is 11.8 Å². The lowest BCUT2D eigenvalue weighted by atomic mass is 10.1. The highest BCUT2D eigenvalue weighted by Gasteiger charge is 2.21. The number of aromatic nitrogens is 1. The maximum Gasteiger partial charge on any atom is 0.193 e. The van der Waals surface area contributed by atoms with E-state index in [2.05, 4.69) is 25.3 Å². The molecule has 1 aliphatic rings. The predicted octanol–water partition coefficient (Wildman–Crippen LogP) is 2.20. The van der Waals surface area contributed by atoms with Crippen LogP contribution in [-0.4, -0.2) is 67.8 Å². The monoisotopic (exact) mass is 389 g/mol. The van der Waals surface area contributed by atoms with Crippen molar-refractivity contribution in [3.63, 3.8) is 0 Å². The van der Waals surface area contributed by atoms with Gasteiger partial charge in [0.25, 0.3) is 0 Å². The summed E-state index contributed by atoms with van der Waals surface area (Å²) in [5.74, 6) is 1.44. The number of piperazine rings is 1. The van der Waals surface area contributed by atoms with Crippen LogP contribution in [0.3, 0.4) is 0 Å². The molecule has 0 aliphatic carbocycles. The van der Waals surface area contributed by atoms with Gasteiger partial charge in [-0.15, -0.1) is 0 Å². The molecule has 1 aliphatic heterocycles. The van der Waals surface area contributed by atoms with Crippen molar-refractivity contribution < 1.29 is 13.7 Å². The van der Waals surface area contributed by atoms with Crippen LogP contribution in [0.15, 0.2) is 39.8 Å². The van der Waals surface area contributed by atoms with Gasteiger partial charge in [0.2, 0.25) is 0 Å². The molecule has 0 spiro atoms. The Bertz CT molecular complexity index is 769. The number of rotatable bonds is 6. The molecule has 0 radical (unpaired) electrons. The average molecular weight is 389 g/mol. The van der Waals surface area contributed by atoms with E-state index in [1.54, 1.807) is 26.3 Å². The third-order valence-electron chi connectivity index (χ3n) is 4.92. The van der Waals surface area contributed by atoms with E-state index in [-0.39, 0.29) is 11.9 Å². The number of aliphatic imine (C=N–C) groups is 1. The Hall–Kier alpha value is -2.45. The van der Waals surface area contributed by atoms with Crippen molar-refractivity contribution in [2.45, 2.75) is 19.6 Å². The Kier molecular flexibility index (Phi) is 7.00. The van der Waals surface area contributed by atoms with Crippen LogP contribution < -0.4 is 5.32 Å². The van der Waals surface area contributed by atoms with E-state index in [1.165, 1.54) is 12.1 Å². The minimum absolute atomic E-state index is 0.172. The van der Waals surface area contributed by atoms with E-state index >= 15 is 0 Å². The van der Waals surface area contributed by atoms with Crippen LogP contribution in [0.25, 0.3) is 0 Å². The third-order valence-corrected chi connectivity index (χ3v) is 4.92. The number of nitrogens with zero attached hydrogens (tertiary/aromatic N) is 4. The molecular formula is C20H28FN5O2. The Balaban J connectivity index is 1.49. The van der Waals surface area contributed by atoms with E-state index in [4.69, 9.17) is 9.26 Å². The van der Waals surface area contributed by atoms with Gasteiger partial charge in [0, 0.05) is 59.5 Å². The van der Waals surface area contributed by atoms with E-state index in [0.29, 0.717) is 6.54 Å². The maximum atomic E-state index is 13.1. The van der Waals surface area contributed by atoms with Crippen LogP contribution in [0.4, 0.5) is 4.39 Å². The SMILES string of the molecule is CN=C(NCC(OC)c1ccc(F)cc1)N1CCN(Cc2cc(C)on2)CC1. The number of nitrogens with one attached hydrogen (secondary N) is 1. The Labute approximate surface area is 165 Å². The fraction of sp³-hybridized carbons (Fsp3) is 0.500. The van der Waals surface area contributed by atoms with Crippen LogP contribution in [0, 0.1) is 12.7 Å². The van der Waals surface area contributed by atoms with E-state index in [9.17, 15) is 4.39 Å². The summed E-state index contributed by atoms with van der Waals surface area (Å²) < 4.78 is 23.8. The number of hydrogen-bond acceptors (Lipinski definition) is 5. The summed E-state index contributed by atoms with van der Waals surface area (Å²) in [5.41, 5.74) is 1.90. The number of aryl methyl sites for hydroxylation is 1. The first-order valence-corrected chi connectivity index (χ1v) is 9.47. The van der Waals surface area contributed by atoms with Gasteiger partial charge < -0.3 is 19.5 Å². The molecule has 152 valence electrons. The molecule has 1 N–H and O–H groups in total. The summed E-state index contributed by atoms with van der Waals surface area (Å²) in [6.45, 7) is 6.88. The quantitative estimate of drug-likeness (QED) is 0.604. The number of halogens is 1. The maximum absolute atomic E-state index is 13.1. The topological polar surface area (TPSA) is 66.1 Å². The Morgan fingerprint density at radius 1 is 1.29 bits per heavy atom. The summed E-state index contributed by atoms with van der Waals surface area (Å²) >= 11 is 0. The third kappa shape index (κ3) is 5.30. The highest BCUT2D eigenvalue weighted by Crippen LogP contribution is 2.16. The minimum Gasteiger partial charge on any atom is -0.375 e. The lowest BCUT2D eigenvalue weighted by Crippen LogP contribution is -2.52. The molecule has 3 rings (SSSR count). The average Bonchev–Trinajstić information content (AvgIpc) is 3.12. The van der Waals surface area contributed by atoms with Crippen LogP contribution in [0.1, 0.15) is 23.1 Å². The van der Waals surface area contributed by atoms with Gasteiger partial charge >= 0.3 is 0 Å². The first kappa shape index (κ1) is 20.3. The normalized spacial score (nSPS) is 17.0. The first-order valence-electron chi connectivity index (χ1n) is 9.47. The van der Waals surface area contributed by atoms with Gasteiger partial charge in [-0.2, -0.15) is 0 Å². The number of hydrogen-bond donors (Lipinski definition) is 1. The minimum atomic E-state index is -0.249. The molecule has 0 bridgehead atoms. The van der Waals surface area contributed by atoms with Crippen molar-refractivity contribution in [2.24, 2.45) is 4.99 Å². The zero-order valence-electron chi connectivity index (χ0n) is 16.7. The van der Waals surface area contributed by atoms with Crippen LogP contribution in [0.2, 0.25) is 0 Å². The van der Waals surface area contributed by atoms with Gasteiger partial charge in [0.1, 0.15) is 11.6 Å². The van der Waals surface area contributed by atoms with Crippen molar-refractivity contribution >= 4 is 5.96 Å². The van der Waals surface area contributed by atoms with Gasteiger partial charge in [-0.05, 0) is 24.6 Å². The number of methoxy groups -OCH3 is 1. The van der Waals surface area contributed by atoms with Crippen LogP contribution in [-0.2, 0) is 11.3 Å². The first-order chi connectivity index (χ1) is 13.6.